The summed E-state index contributed by atoms with van der Waals surface area (Å²) in [5, 5.41) is 4.79. The number of nitrogens with zero attached hydrogens (tertiary/aromatic N) is 3. The molecule has 2 aromatic carbocycles. The third-order valence-corrected chi connectivity index (χ3v) is 4.64. The van der Waals surface area contributed by atoms with E-state index in [0.29, 0.717) is 29.2 Å². The van der Waals surface area contributed by atoms with Gasteiger partial charge in [0, 0.05) is 4.47 Å². The average Bonchev–Trinajstić information content (AvgIpc) is 3.12. The number of fused-ring (bicyclic) bond motifs is 1. The first-order valence-electron chi connectivity index (χ1n) is 8.63. The molecular weight excluding hydrogens is 408 g/mol. The molecule has 0 saturated heterocycles. The fourth-order valence-electron chi connectivity index (χ4n) is 2.82. The van der Waals surface area contributed by atoms with Gasteiger partial charge in [0.15, 0.2) is 5.65 Å². The number of benzene rings is 2. The van der Waals surface area contributed by atoms with Gasteiger partial charge in [-0.25, -0.2) is 9.67 Å². The second-order valence-electron chi connectivity index (χ2n) is 6.03. The lowest BCUT2D eigenvalue weighted by molar-refractivity contribution is 0.318. The van der Waals surface area contributed by atoms with E-state index in [1.165, 1.54) is 6.20 Å². The quantitative estimate of drug-likeness (QED) is 0.517. The van der Waals surface area contributed by atoms with Gasteiger partial charge in [-0.1, -0.05) is 35.0 Å². The molecule has 0 fully saturated rings. The van der Waals surface area contributed by atoms with E-state index >= 15 is 0 Å². The van der Waals surface area contributed by atoms with Gasteiger partial charge in [0.2, 0.25) is 0 Å². The molecule has 4 aromatic rings. The molecule has 1 N–H and O–H groups in total. The summed E-state index contributed by atoms with van der Waals surface area (Å²) in [5.41, 5.74) is 1.84. The van der Waals surface area contributed by atoms with Gasteiger partial charge < -0.3 is 9.72 Å². The van der Waals surface area contributed by atoms with Crippen LogP contribution in [0.3, 0.4) is 0 Å². The van der Waals surface area contributed by atoms with Gasteiger partial charge in [0.05, 0.1) is 24.1 Å². The first kappa shape index (κ1) is 17.5. The molecule has 136 valence electrons. The van der Waals surface area contributed by atoms with Crippen LogP contribution in [0.1, 0.15) is 13.3 Å². The Morgan fingerprint density at radius 1 is 1.15 bits per heavy atom. The van der Waals surface area contributed by atoms with Crippen molar-refractivity contribution in [2.24, 2.45) is 0 Å². The maximum absolute atomic E-state index is 12.6. The Morgan fingerprint density at radius 3 is 2.70 bits per heavy atom. The highest BCUT2D eigenvalue weighted by molar-refractivity contribution is 9.10. The highest BCUT2D eigenvalue weighted by atomic mass is 79.9. The van der Waals surface area contributed by atoms with Gasteiger partial charge >= 0.3 is 0 Å². The summed E-state index contributed by atoms with van der Waals surface area (Å²) in [6, 6.07) is 15.2. The van der Waals surface area contributed by atoms with Crippen molar-refractivity contribution >= 4 is 27.0 Å². The zero-order valence-electron chi connectivity index (χ0n) is 14.6. The summed E-state index contributed by atoms with van der Waals surface area (Å²) in [5.74, 6) is 1.15. The molecule has 0 aliphatic rings. The Balaban J connectivity index is 1.88. The fraction of sp³-hybridized carbons (Fsp3) is 0.150. The minimum atomic E-state index is -0.233. The lowest BCUT2D eigenvalue weighted by Crippen LogP contribution is -2.10. The van der Waals surface area contributed by atoms with Gasteiger partial charge in [0.25, 0.3) is 5.56 Å². The smallest absolute Gasteiger partial charge is 0.262 e. The lowest BCUT2D eigenvalue weighted by Gasteiger charge is -2.10. The maximum atomic E-state index is 12.6. The number of hydrogen-bond acceptors (Lipinski definition) is 4. The molecule has 7 heteroatoms. The standard InChI is InChI=1S/C20H17BrN4O2/c1-2-11-27-17-6-4-3-5-15(17)18-23-19-16(20(26)24-18)12-22-25(19)14-9-7-13(21)8-10-14/h3-10,12H,2,11H2,1H3,(H,23,24,26). The molecule has 0 atom stereocenters. The SMILES string of the molecule is CCCOc1ccccc1-c1nc2c(cnn2-c2ccc(Br)cc2)c(=O)[nH]1. The summed E-state index contributed by atoms with van der Waals surface area (Å²) in [6.07, 6.45) is 2.43. The molecule has 0 spiro atoms. The van der Waals surface area contributed by atoms with Crippen molar-refractivity contribution in [2.45, 2.75) is 13.3 Å². The monoisotopic (exact) mass is 424 g/mol. The molecule has 2 heterocycles. The molecule has 0 unspecified atom stereocenters. The zero-order valence-corrected chi connectivity index (χ0v) is 16.2. The Kier molecular flexibility index (Phi) is 4.77. The van der Waals surface area contributed by atoms with E-state index in [0.717, 1.165) is 22.1 Å². The number of nitrogens with one attached hydrogen (secondary N) is 1. The van der Waals surface area contributed by atoms with Crippen LogP contribution in [0, 0.1) is 0 Å². The summed E-state index contributed by atoms with van der Waals surface area (Å²) in [6.45, 7) is 2.64. The van der Waals surface area contributed by atoms with Crippen molar-refractivity contribution in [3.63, 3.8) is 0 Å². The molecule has 27 heavy (non-hydrogen) atoms. The Hall–Kier alpha value is -2.93. The maximum Gasteiger partial charge on any atom is 0.262 e. The van der Waals surface area contributed by atoms with Crippen LogP contribution in [-0.4, -0.2) is 26.4 Å². The van der Waals surface area contributed by atoms with Crippen molar-refractivity contribution in [3.8, 4) is 22.8 Å². The average molecular weight is 425 g/mol. The van der Waals surface area contributed by atoms with E-state index in [1.54, 1.807) is 4.68 Å². The molecule has 0 aliphatic carbocycles. The van der Waals surface area contributed by atoms with Crippen LogP contribution in [0.4, 0.5) is 0 Å². The Labute approximate surface area is 164 Å². The van der Waals surface area contributed by atoms with E-state index < -0.39 is 0 Å². The molecule has 2 aromatic heterocycles. The second kappa shape index (κ2) is 7.36. The number of H-pyrrole nitrogens is 1. The summed E-state index contributed by atoms with van der Waals surface area (Å²) >= 11 is 3.43. The normalized spacial score (nSPS) is 11.0. The van der Waals surface area contributed by atoms with Gasteiger partial charge in [-0.15, -0.1) is 0 Å². The van der Waals surface area contributed by atoms with Gasteiger partial charge in [-0.3, -0.25) is 4.79 Å². The van der Waals surface area contributed by atoms with Crippen molar-refractivity contribution in [3.05, 3.63) is 69.6 Å². The van der Waals surface area contributed by atoms with Crippen molar-refractivity contribution in [1.29, 1.82) is 0 Å². The van der Waals surface area contributed by atoms with Gasteiger partial charge in [-0.05, 0) is 42.8 Å². The van der Waals surface area contributed by atoms with E-state index in [2.05, 4.69) is 31.0 Å². The van der Waals surface area contributed by atoms with Crippen LogP contribution >= 0.6 is 15.9 Å². The molecular formula is C20H17BrN4O2. The van der Waals surface area contributed by atoms with E-state index in [4.69, 9.17) is 4.74 Å². The number of hydrogen-bond donors (Lipinski definition) is 1. The van der Waals surface area contributed by atoms with Crippen LogP contribution in [-0.2, 0) is 0 Å². The molecule has 0 bridgehead atoms. The van der Waals surface area contributed by atoms with Crippen LogP contribution in [0.2, 0.25) is 0 Å². The highest BCUT2D eigenvalue weighted by Gasteiger charge is 2.15. The third-order valence-electron chi connectivity index (χ3n) is 4.11. The summed E-state index contributed by atoms with van der Waals surface area (Å²) < 4.78 is 8.44. The van der Waals surface area contributed by atoms with E-state index in [-0.39, 0.29) is 5.56 Å². The second-order valence-corrected chi connectivity index (χ2v) is 6.94. The molecule has 0 saturated carbocycles. The summed E-state index contributed by atoms with van der Waals surface area (Å²) in [4.78, 5) is 20.1. The Morgan fingerprint density at radius 2 is 1.93 bits per heavy atom. The molecule has 0 amide bonds. The first-order chi connectivity index (χ1) is 13.2. The van der Waals surface area contributed by atoms with Crippen molar-refractivity contribution < 1.29 is 4.74 Å². The van der Waals surface area contributed by atoms with Crippen LogP contribution < -0.4 is 10.3 Å². The zero-order chi connectivity index (χ0) is 18.8. The van der Waals surface area contributed by atoms with Crippen LogP contribution in [0.15, 0.2) is 64.0 Å². The predicted molar refractivity (Wildman–Crippen MR) is 108 cm³/mol. The summed E-state index contributed by atoms with van der Waals surface area (Å²) in [7, 11) is 0. The lowest BCUT2D eigenvalue weighted by atomic mass is 10.2. The number of aromatic nitrogens is 4. The van der Waals surface area contributed by atoms with Gasteiger partial charge in [-0.2, -0.15) is 5.10 Å². The number of halogens is 1. The topological polar surface area (TPSA) is 72.8 Å². The predicted octanol–water partition coefficient (Wildman–Crippen LogP) is 4.33. The largest absolute Gasteiger partial charge is 0.493 e. The number of para-hydroxylation sites is 1. The minimum Gasteiger partial charge on any atom is -0.493 e. The molecule has 4 rings (SSSR count). The fourth-order valence-corrected chi connectivity index (χ4v) is 3.08. The number of aromatic amines is 1. The Bertz CT molecular complexity index is 1150. The van der Waals surface area contributed by atoms with E-state index in [9.17, 15) is 4.79 Å². The molecule has 0 aliphatic heterocycles. The van der Waals surface area contributed by atoms with Crippen molar-refractivity contribution in [2.75, 3.05) is 6.61 Å². The highest BCUT2D eigenvalue weighted by Crippen LogP contribution is 2.28. The first-order valence-corrected chi connectivity index (χ1v) is 9.43. The van der Waals surface area contributed by atoms with Crippen LogP contribution in [0.25, 0.3) is 28.1 Å². The number of rotatable bonds is 5. The molecule has 0 radical (unpaired) electrons. The third kappa shape index (κ3) is 3.38. The number of ether oxygens (including phenoxy) is 1. The van der Waals surface area contributed by atoms with Crippen molar-refractivity contribution in [1.82, 2.24) is 19.7 Å². The van der Waals surface area contributed by atoms with Crippen LogP contribution in [0.5, 0.6) is 5.75 Å². The van der Waals surface area contributed by atoms with E-state index in [1.807, 2.05) is 55.5 Å². The van der Waals surface area contributed by atoms with Gasteiger partial charge in [0.1, 0.15) is 17.0 Å². The molecule has 6 nitrogen and oxygen atoms in total. The minimum absolute atomic E-state index is 0.233.